The Morgan fingerprint density at radius 2 is 1.62 bits per heavy atom. The third kappa shape index (κ3) is 3.31. The summed E-state index contributed by atoms with van der Waals surface area (Å²) in [6, 6.07) is 14.8. The van der Waals surface area contributed by atoms with E-state index in [-0.39, 0.29) is 23.8 Å². The molecule has 0 saturated carbocycles. The van der Waals surface area contributed by atoms with Crippen LogP contribution < -0.4 is 14.8 Å². The van der Waals surface area contributed by atoms with Crippen molar-refractivity contribution in [2.45, 2.75) is 12.3 Å². The van der Waals surface area contributed by atoms with E-state index in [1.807, 2.05) is 53.1 Å². The van der Waals surface area contributed by atoms with Crippen molar-refractivity contribution in [3.63, 3.8) is 0 Å². The van der Waals surface area contributed by atoms with E-state index in [0.29, 0.717) is 17.2 Å². The van der Waals surface area contributed by atoms with Crippen molar-refractivity contribution >= 4 is 17.6 Å². The van der Waals surface area contributed by atoms with E-state index < -0.39 is 5.97 Å². The van der Waals surface area contributed by atoms with Crippen LogP contribution in [0.3, 0.4) is 0 Å². The fraction of sp³-hybridized carbons (Fsp3) is 0.182. The van der Waals surface area contributed by atoms with Crippen LogP contribution in [0.1, 0.15) is 34.0 Å². The standard InChI is InChI=1S/C22H20N2O5/c1-28-15-7-3-13(4-8-15)17-11-19(25)23-20-18(22(26)27)12-24(21(17)20)14-5-9-16(29-2)10-6-14/h3-10,12,17H,11H2,1-2H3,(H,23,25)(H,26,27). The van der Waals surface area contributed by atoms with Gasteiger partial charge >= 0.3 is 5.97 Å². The lowest BCUT2D eigenvalue weighted by Gasteiger charge is -2.26. The zero-order valence-corrected chi connectivity index (χ0v) is 16.0. The van der Waals surface area contributed by atoms with Gasteiger partial charge in [-0.05, 0) is 42.0 Å². The lowest BCUT2D eigenvalue weighted by Crippen LogP contribution is -2.25. The average molecular weight is 392 g/mol. The van der Waals surface area contributed by atoms with Gasteiger partial charge in [-0.15, -0.1) is 0 Å². The molecule has 1 unspecified atom stereocenters. The molecule has 0 spiro atoms. The second-order valence-corrected chi connectivity index (χ2v) is 6.75. The summed E-state index contributed by atoms with van der Waals surface area (Å²) >= 11 is 0. The number of nitrogens with one attached hydrogen (secondary N) is 1. The fourth-order valence-electron chi connectivity index (χ4n) is 3.70. The predicted octanol–water partition coefficient (Wildman–Crippen LogP) is 3.67. The molecule has 148 valence electrons. The molecule has 2 aromatic carbocycles. The quantitative estimate of drug-likeness (QED) is 0.692. The molecule has 1 aliphatic rings. The number of carbonyl (C=O) groups excluding carboxylic acids is 1. The summed E-state index contributed by atoms with van der Waals surface area (Å²) in [4.78, 5) is 24.2. The number of anilines is 1. The molecule has 1 aliphatic heterocycles. The molecule has 1 aromatic heterocycles. The van der Waals surface area contributed by atoms with Crippen molar-refractivity contribution in [3.8, 4) is 17.2 Å². The van der Waals surface area contributed by atoms with E-state index in [0.717, 1.165) is 16.9 Å². The molecular formula is C22H20N2O5. The fourth-order valence-corrected chi connectivity index (χ4v) is 3.70. The van der Waals surface area contributed by atoms with Crippen molar-refractivity contribution < 1.29 is 24.2 Å². The van der Waals surface area contributed by atoms with E-state index in [4.69, 9.17) is 9.47 Å². The number of aromatic nitrogens is 1. The maximum absolute atomic E-state index is 12.4. The summed E-state index contributed by atoms with van der Waals surface area (Å²) in [6.07, 6.45) is 1.77. The van der Waals surface area contributed by atoms with Crippen molar-refractivity contribution in [2.75, 3.05) is 19.5 Å². The topological polar surface area (TPSA) is 89.8 Å². The zero-order chi connectivity index (χ0) is 20.5. The maximum Gasteiger partial charge on any atom is 0.339 e. The van der Waals surface area contributed by atoms with Crippen LogP contribution in [0.25, 0.3) is 5.69 Å². The third-order valence-corrected chi connectivity index (χ3v) is 5.13. The molecule has 7 nitrogen and oxygen atoms in total. The van der Waals surface area contributed by atoms with E-state index >= 15 is 0 Å². The van der Waals surface area contributed by atoms with Gasteiger partial charge in [-0.2, -0.15) is 0 Å². The summed E-state index contributed by atoms with van der Waals surface area (Å²) in [5.74, 6) is -0.184. The molecule has 0 aliphatic carbocycles. The lowest BCUT2D eigenvalue weighted by molar-refractivity contribution is -0.116. The SMILES string of the molecule is COc1ccc(C2CC(=O)Nc3c(C(=O)O)cn(-c4ccc(OC)cc4)c32)cc1. The number of amides is 1. The highest BCUT2D eigenvalue weighted by Gasteiger charge is 2.34. The molecule has 4 rings (SSSR count). The maximum atomic E-state index is 12.4. The van der Waals surface area contributed by atoms with E-state index in [1.54, 1.807) is 20.4 Å². The van der Waals surface area contributed by atoms with Crippen LogP contribution in [-0.4, -0.2) is 35.8 Å². The van der Waals surface area contributed by atoms with Gasteiger partial charge in [-0.1, -0.05) is 12.1 Å². The number of benzene rings is 2. The smallest absolute Gasteiger partial charge is 0.339 e. The number of ether oxygens (including phenoxy) is 2. The van der Waals surface area contributed by atoms with Crippen molar-refractivity contribution in [3.05, 3.63) is 71.5 Å². The first-order valence-corrected chi connectivity index (χ1v) is 9.08. The van der Waals surface area contributed by atoms with Crippen LogP contribution in [0.5, 0.6) is 11.5 Å². The van der Waals surface area contributed by atoms with Gasteiger partial charge in [0.1, 0.15) is 17.1 Å². The molecule has 1 atom stereocenters. The number of nitrogens with zero attached hydrogens (tertiary/aromatic N) is 1. The Balaban J connectivity index is 1.90. The predicted molar refractivity (Wildman–Crippen MR) is 107 cm³/mol. The molecule has 1 amide bonds. The number of fused-ring (bicyclic) bond motifs is 1. The summed E-state index contributed by atoms with van der Waals surface area (Å²) < 4.78 is 12.3. The molecule has 2 N–H and O–H groups in total. The summed E-state index contributed by atoms with van der Waals surface area (Å²) in [6.45, 7) is 0. The van der Waals surface area contributed by atoms with Gasteiger partial charge < -0.3 is 24.5 Å². The highest BCUT2D eigenvalue weighted by molar-refractivity contribution is 6.04. The first-order chi connectivity index (χ1) is 14.0. The number of carboxylic acid groups (broad SMARTS) is 1. The largest absolute Gasteiger partial charge is 0.497 e. The molecule has 7 heteroatoms. The minimum absolute atomic E-state index is 0.0578. The Labute approximate surface area is 167 Å². The molecule has 0 fully saturated rings. The van der Waals surface area contributed by atoms with Crippen LogP contribution in [0, 0.1) is 0 Å². The van der Waals surface area contributed by atoms with Crippen LogP contribution in [-0.2, 0) is 4.79 Å². The minimum Gasteiger partial charge on any atom is -0.497 e. The van der Waals surface area contributed by atoms with E-state index in [2.05, 4.69) is 5.32 Å². The van der Waals surface area contributed by atoms with Crippen molar-refractivity contribution in [1.82, 2.24) is 4.57 Å². The average Bonchev–Trinajstić information content (AvgIpc) is 3.13. The Hall–Kier alpha value is -3.74. The second kappa shape index (κ2) is 7.35. The zero-order valence-electron chi connectivity index (χ0n) is 16.0. The molecule has 0 bridgehead atoms. The number of hydrogen-bond acceptors (Lipinski definition) is 4. The van der Waals surface area contributed by atoms with Gasteiger partial charge in [-0.3, -0.25) is 4.79 Å². The number of carboxylic acids is 1. The molecule has 0 saturated heterocycles. The summed E-state index contributed by atoms with van der Waals surface area (Å²) in [7, 11) is 3.18. The normalized spacial score (nSPS) is 15.4. The lowest BCUT2D eigenvalue weighted by atomic mass is 9.88. The monoisotopic (exact) mass is 392 g/mol. The summed E-state index contributed by atoms with van der Waals surface area (Å²) in [5, 5.41) is 12.4. The third-order valence-electron chi connectivity index (χ3n) is 5.13. The van der Waals surface area contributed by atoms with Gasteiger partial charge in [0, 0.05) is 24.2 Å². The highest BCUT2D eigenvalue weighted by Crippen LogP contribution is 2.42. The second-order valence-electron chi connectivity index (χ2n) is 6.75. The van der Waals surface area contributed by atoms with E-state index in [1.165, 1.54) is 0 Å². The number of rotatable bonds is 5. The van der Waals surface area contributed by atoms with Crippen molar-refractivity contribution in [2.24, 2.45) is 0 Å². The minimum atomic E-state index is -1.09. The van der Waals surface area contributed by atoms with Crippen molar-refractivity contribution in [1.29, 1.82) is 0 Å². The Kier molecular flexibility index (Phi) is 4.72. The van der Waals surface area contributed by atoms with Crippen LogP contribution in [0.4, 0.5) is 5.69 Å². The molecule has 0 radical (unpaired) electrons. The van der Waals surface area contributed by atoms with Gasteiger partial charge in [0.05, 0.1) is 25.6 Å². The van der Waals surface area contributed by atoms with Crippen LogP contribution in [0.15, 0.2) is 54.7 Å². The number of methoxy groups -OCH3 is 2. The Morgan fingerprint density at radius 1 is 1.03 bits per heavy atom. The van der Waals surface area contributed by atoms with Crippen LogP contribution >= 0.6 is 0 Å². The molecular weight excluding hydrogens is 372 g/mol. The van der Waals surface area contributed by atoms with Gasteiger partial charge in [0.15, 0.2) is 0 Å². The van der Waals surface area contributed by atoms with Gasteiger partial charge in [-0.25, -0.2) is 4.79 Å². The first-order valence-electron chi connectivity index (χ1n) is 9.08. The summed E-state index contributed by atoms with van der Waals surface area (Å²) in [5.41, 5.74) is 2.82. The number of hydrogen-bond donors (Lipinski definition) is 2. The highest BCUT2D eigenvalue weighted by atomic mass is 16.5. The number of carbonyl (C=O) groups is 2. The number of aromatic carboxylic acids is 1. The molecule has 3 aromatic rings. The molecule has 2 heterocycles. The Bertz CT molecular complexity index is 1070. The van der Waals surface area contributed by atoms with E-state index in [9.17, 15) is 14.7 Å². The van der Waals surface area contributed by atoms with Gasteiger partial charge in [0.25, 0.3) is 0 Å². The molecule has 29 heavy (non-hydrogen) atoms. The first kappa shape index (κ1) is 18.6. The Morgan fingerprint density at radius 3 is 2.17 bits per heavy atom. The van der Waals surface area contributed by atoms with Crippen LogP contribution in [0.2, 0.25) is 0 Å². The van der Waals surface area contributed by atoms with Gasteiger partial charge in [0.2, 0.25) is 5.91 Å².